The van der Waals surface area contributed by atoms with Crippen LogP contribution in [0.25, 0.3) is 0 Å². The molecule has 1 aromatic heterocycles. The quantitative estimate of drug-likeness (QED) is 0.886. The summed E-state index contributed by atoms with van der Waals surface area (Å²) in [5.41, 5.74) is 1.72. The fraction of sp³-hybridized carbons (Fsp3) is 0.667. The van der Waals surface area contributed by atoms with Gasteiger partial charge in [0.1, 0.15) is 17.2 Å². The molecule has 25 heavy (non-hydrogen) atoms. The number of aromatic nitrogens is 2. The van der Waals surface area contributed by atoms with Crippen LogP contribution in [0, 0.1) is 31.1 Å². The maximum absolute atomic E-state index is 12.0. The molecule has 1 amide bonds. The van der Waals surface area contributed by atoms with Crippen molar-refractivity contribution in [2.24, 2.45) is 5.92 Å². The summed E-state index contributed by atoms with van der Waals surface area (Å²) < 4.78 is 5.34. The molecule has 0 aromatic carbocycles. The zero-order valence-corrected chi connectivity index (χ0v) is 15.9. The maximum Gasteiger partial charge on any atom is 0.407 e. The van der Waals surface area contributed by atoms with Crippen molar-refractivity contribution in [2.45, 2.75) is 59.6 Å². The number of anilines is 1. The highest BCUT2D eigenvalue weighted by Crippen LogP contribution is 2.26. The number of carbonyl (C=O) groups excluding carboxylic acids is 1. The Labute approximate surface area is 149 Å². The van der Waals surface area contributed by atoms with Gasteiger partial charge in [-0.25, -0.2) is 4.79 Å². The van der Waals surface area contributed by atoms with Gasteiger partial charge in [0.2, 0.25) is 0 Å². The van der Waals surface area contributed by atoms with Crippen molar-refractivity contribution >= 4 is 11.9 Å². The number of nitrogens with one attached hydrogen (secondary N) is 1. The van der Waals surface area contributed by atoms with Crippen LogP contribution >= 0.6 is 0 Å². The number of ether oxygens (including phenoxy) is 1. The normalized spacial score (nSPS) is 20.8. The molecule has 2 atom stereocenters. The number of piperidine rings is 1. The Morgan fingerprint density at radius 2 is 2.04 bits per heavy atom. The SMILES string of the molecule is Cc1nnc(N2CCC(NC(=O)OC(C)(C)C)C(C)C2)c(C#N)c1C. The third-order valence-electron chi connectivity index (χ3n) is 4.45. The summed E-state index contributed by atoms with van der Waals surface area (Å²) in [5, 5.41) is 20.8. The highest BCUT2D eigenvalue weighted by atomic mass is 16.6. The number of aryl methyl sites for hydroxylation is 1. The van der Waals surface area contributed by atoms with Gasteiger partial charge in [0.05, 0.1) is 5.69 Å². The molecular formula is C18H27N5O2. The lowest BCUT2D eigenvalue weighted by molar-refractivity contribution is 0.0481. The molecule has 136 valence electrons. The van der Waals surface area contributed by atoms with Gasteiger partial charge in [-0.05, 0) is 52.5 Å². The van der Waals surface area contributed by atoms with E-state index in [4.69, 9.17) is 4.74 Å². The first-order valence-corrected chi connectivity index (χ1v) is 8.61. The molecule has 0 aliphatic carbocycles. The second-order valence-electron chi connectivity index (χ2n) is 7.69. The average Bonchev–Trinajstić information content (AvgIpc) is 2.50. The molecule has 0 saturated carbocycles. The van der Waals surface area contributed by atoms with E-state index in [1.165, 1.54) is 0 Å². The Bertz CT molecular complexity index is 690. The van der Waals surface area contributed by atoms with Gasteiger partial charge in [-0.1, -0.05) is 6.92 Å². The summed E-state index contributed by atoms with van der Waals surface area (Å²) >= 11 is 0. The lowest BCUT2D eigenvalue weighted by Crippen LogP contribution is -2.51. The molecule has 0 spiro atoms. The first kappa shape index (κ1) is 19.0. The number of nitriles is 1. The molecule has 7 heteroatoms. The average molecular weight is 345 g/mol. The molecule has 1 aliphatic rings. The molecule has 1 aromatic rings. The van der Waals surface area contributed by atoms with Crippen LogP contribution in [0.5, 0.6) is 0 Å². The van der Waals surface area contributed by atoms with E-state index in [9.17, 15) is 10.1 Å². The van der Waals surface area contributed by atoms with Crippen LogP contribution in [0.1, 0.15) is 50.9 Å². The fourth-order valence-electron chi connectivity index (χ4n) is 2.96. The van der Waals surface area contributed by atoms with Crippen LogP contribution in [0.15, 0.2) is 0 Å². The number of alkyl carbamates (subject to hydrolysis) is 1. The molecule has 1 N–H and O–H groups in total. The van der Waals surface area contributed by atoms with Gasteiger partial charge >= 0.3 is 6.09 Å². The minimum absolute atomic E-state index is 0.0381. The van der Waals surface area contributed by atoms with Crippen LogP contribution in [0.3, 0.4) is 0 Å². The molecule has 2 rings (SSSR count). The Kier molecular flexibility index (Phi) is 5.51. The van der Waals surface area contributed by atoms with Crippen LogP contribution in [0.4, 0.5) is 10.6 Å². The van der Waals surface area contributed by atoms with Crippen LogP contribution in [-0.2, 0) is 4.74 Å². The Morgan fingerprint density at radius 1 is 1.36 bits per heavy atom. The van der Waals surface area contributed by atoms with E-state index < -0.39 is 5.60 Å². The van der Waals surface area contributed by atoms with E-state index in [2.05, 4.69) is 33.4 Å². The van der Waals surface area contributed by atoms with Crippen molar-refractivity contribution in [2.75, 3.05) is 18.0 Å². The summed E-state index contributed by atoms with van der Waals surface area (Å²) in [6.45, 7) is 12.8. The van der Waals surface area contributed by atoms with Gasteiger partial charge in [0.15, 0.2) is 5.82 Å². The molecule has 2 unspecified atom stereocenters. The van der Waals surface area contributed by atoms with Crippen molar-refractivity contribution < 1.29 is 9.53 Å². The summed E-state index contributed by atoms with van der Waals surface area (Å²) in [4.78, 5) is 14.1. The zero-order chi connectivity index (χ0) is 18.8. The largest absolute Gasteiger partial charge is 0.444 e. The summed E-state index contributed by atoms with van der Waals surface area (Å²) in [6.07, 6.45) is 0.376. The maximum atomic E-state index is 12.0. The van der Waals surface area contributed by atoms with E-state index in [-0.39, 0.29) is 18.1 Å². The van der Waals surface area contributed by atoms with E-state index in [1.807, 2.05) is 34.6 Å². The number of nitrogens with zero attached hydrogens (tertiary/aromatic N) is 4. The van der Waals surface area contributed by atoms with Crippen molar-refractivity contribution in [3.8, 4) is 6.07 Å². The van der Waals surface area contributed by atoms with Gasteiger partial charge < -0.3 is 15.0 Å². The summed E-state index contributed by atoms with van der Waals surface area (Å²) in [6, 6.07) is 2.29. The van der Waals surface area contributed by atoms with Gasteiger partial charge in [-0.15, -0.1) is 5.10 Å². The van der Waals surface area contributed by atoms with Gasteiger partial charge in [0, 0.05) is 19.1 Å². The second-order valence-corrected chi connectivity index (χ2v) is 7.69. The predicted octanol–water partition coefficient (Wildman–Crippen LogP) is 2.70. The zero-order valence-electron chi connectivity index (χ0n) is 15.9. The minimum Gasteiger partial charge on any atom is -0.444 e. The molecule has 7 nitrogen and oxygen atoms in total. The Balaban J connectivity index is 2.06. The van der Waals surface area contributed by atoms with E-state index in [1.54, 1.807) is 0 Å². The molecule has 1 aliphatic heterocycles. The van der Waals surface area contributed by atoms with Gasteiger partial charge in [-0.3, -0.25) is 0 Å². The third-order valence-corrected chi connectivity index (χ3v) is 4.45. The van der Waals surface area contributed by atoms with Gasteiger partial charge in [-0.2, -0.15) is 10.4 Å². The first-order valence-electron chi connectivity index (χ1n) is 8.61. The number of rotatable bonds is 2. The summed E-state index contributed by atoms with van der Waals surface area (Å²) in [5.74, 6) is 0.837. The Morgan fingerprint density at radius 3 is 2.60 bits per heavy atom. The molecule has 1 saturated heterocycles. The Hall–Kier alpha value is -2.36. The molecule has 0 radical (unpaired) electrons. The second kappa shape index (κ2) is 7.26. The highest BCUT2D eigenvalue weighted by molar-refractivity contribution is 5.68. The predicted molar refractivity (Wildman–Crippen MR) is 95.4 cm³/mol. The van der Waals surface area contributed by atoms with Crippen LogP contribution in [0.2, 0.25) is 0 Å². The smallest absolute Gasteiger partial charge is 0.407 e. The fourth-order valence-corrected chi connectivity index (χ4v) is 2.96. The van der Waals surface area contributed by atoms with Crippen molar-refractivity contribution in [1.29, 1.82) is 5.26 Å². The number of carbonyl (C=O) groups is 1. The lowest BCUT2D eigenvalue weighted by atomic mass is 9.93. The topological polar surface area (TPSA) is 91.1 Å². The van der Waals surface area contributed by atoms with Crippen molar-refractivity contribution in [3.05, 3.63) is 16.8 Å². The van der Waals surface area contributed by atoms with E-state index >= 15 is 0 Å². The van der Waals surface area contributed by atoms with Crippen molar-refractivity contribution in [1.82, 2.24) is 15.5 Å². The molecule has 1 fully saturated rings. The molecule has 2 heterocycles. The van der Waals surface area contributed by atoms with E-state index in [0.717, 1.165) is 17.7 Å². The minimum atomic E-state index is -0.509. The third kappa shape index (κ3) is 4.59. The van der Waals surface area contributed by atoms with Crippen molar-refractivity contribution in [3.63, 3.8) is 0 Å². The first-order chi connectivity index (χ1) is 11.6. The standard InChI is InChI=1S/C18H27N5O2/c1-11-10-23(16-14(9-19)12(2)13(3)21-22-16)8-7-15(11)20-17(24)25-18(4,5)6/h11,15H,7-8,10H2,1-6H3,(H,20,24). The molecular weight excluding hydrogens is 318 g/mol. The monoisotopic (exact) mass is 345 g/mol. The number of hydrogen-bond acceptors (Lipinski definition) is 6. The van der Waals surface area contributed by atoms with Crippen LogP contribution in [-0.4, -0.2) is 41.0 Å². The number of hydrogen-bond donors (Lipinski definition) is 1. The highest BCUT2D eigenvalue weighted by Gasteiger charge is 2.31. The lowest BCUT2D eigenvalue weighted by Gasteiger charge is -2.38. The van der Waals surface area contributed by atoms with Crippen LogP contribution < -0.4 is 10.2 Å². The summed E-state index contributed by atoms with van der Waals surface area (Å²) in [7, 11) is 0. The van der Waals surface area contributed by atoms with Gasteiger partial charge in [0.25, 0.3) is 0 Å². The number of amides is 1. The van der Waals surface area contributed by atoms with E-state index in [0.29, 0.717) is 24.5 Å². The molecule has 0 bridgehead atoms.